The molecule has 27 heavy (non-hydrogen) atoms. The number of imide groups is 1. The van der Waals surface area contributed by atoms with Gasteiger partial charge in [-0.25, -0.2) is 9.59 Å². The molecule has 3 amide bonds. The van der Waals surface area contributed by atoms with Gasteiger partial charge in [0.1, 0.15) is 11.5 Å². The third-order valence-electron chi connectivity index (χ3n) is 4.04. The van der Waals surface area contributed by atoms with Crippen LogP contribution in [-0.4, -0.2) is 44.0 Å². The number of urea groups is 1. The van der Waals surface area contributed by atoms with Crippen LogP contribution < -0.4 is 10.2 Å². The van der Waals surface area contributed by atoms with E-state index in [2.05, 4.69) is 10.1 Å². The number of carbonyl (C=O) groups excluding carboxylic acids is 3. The minimum absolute atomic E-state index is 0.0105. The standard InChI is InChI=1S/C19H19N3O5/c1-21(2)13-6-4-12(5-7-13)10-15-17(23)22(19(25)20-15)11-14-8-9-16(27-14)18(24)26-3/h4-10H,11H2,1-3H3,(H,20,25). The maximum atomic E-state index is 12.5. The van der Waals surface area contributed by atoms with Crippen molar-refractivity contribution in [1.29, 1.82) is 0 Å². The Kier molecular flexibility index (Phi) is 4.98. The van der Waals surface area contributed by atoms with E-state index in [1.54, 1.807) is 6.08 Å². The average Bonchev–Trinajstić information content (AvgIpc) is 3.22. The molecule has 0 spiro atoms. The Bertz CT molecular complexity index is 912. The Balaban J connectivity index is 1.74. The fourth-order valence-electron chi connectivity index (χ4n) is 2.58. The number of methoxy groups -OCH3 is 1. The van der Waals surface area contributed by atoms with E-state index in [4.69, 9.17) is 4.42 Å². The zero-order valence-corrected chi connectivity index (χ0v) is 15.2. The Morgan fingerprint density at radius 2 is 1.89 bits per heavy atom. The third kappa shape index (κ3) is 3.84. The summed E-state index contributed by atoms with van der Waals surface area (Å²) in [4.78, 5) is 39.1. The summed E-state index contributed by atoms with van der Waals surface area (Å²) in [6.07, 6.45) is 1.61. The van der Waals surface area contributed by atoms with Gasteiger partial charge in [0.05, 0.1) is 13.7 Å². The molecular weight excluding hydrogens is 350 g/mol. The van der Waals surface area contributed by atoms with Crippen LogP contribution in [0.25, 0.3) is 6.08 Å². The van der Waals surface area contributed by atoms with E-state index in [0.717, 1.165) is 16.2 Å². The molecule has 0 bridgehead atoms. The van der Waals surface area contributed by atoms with Gasteiger partial charge in [-0.05, 0) is 35.9 Å². The molecule has 0 saturated carbocycles. The maximum absolute atomic E-state index is 12.5. The molecule has 1 N–H and O–H groups in total. The smallest absolute Gasteiger partial charge is 0.373 e. The van der Waals surface area contributed by atoms with E-state index < -0.39 is 17.9 Å². The van der Waals surface area contributed by atoms with Gasteiger partial charge in [-0.2, -0.15) is 0 Å². The lowest BCUT2D eigenvalue weighted by molar-refractivity contribution is -0.123. The number of nitrogens with one attached hydrogen (secondary N) is 1. The van der Waals surface area contributed by atoms with Crippen molar-refractivity contribution < 1.29 is 23.5 Å². The molecule has 0 radical (unpaired) electrons. The predicted molar refractivity (Wildman–Crippen MR) is 97.9 cm³/mol. The Hall–Kier alpha value is -3.55. The molecule has 2 heterocycles. The first-order chi connectivity index (χ1) is 12.9. The number of hydrogen-bond acceptors (Lipinski definition) is 6. The van der Waals surface area contributed by atoms with Gasteiger partial charge in [0.25, 0.3) is 5.91 Å². The van der Waals surface area contributed by atoms with Crippen LogP contribution in [0.15, 0.2) is 46.5 Å². The second kappa shape index (κ2) is 7.36. The molecule has 8 heteroatoms. The van der Waals surface area contributed by atoms with Crippen LogP contribution >= 0.6 is 0 Å². The zero-order chi connectivity index (χ0) is 19.6. The lowest BCUT2D eigenvalue weighted by atomic mass is 10.1. The Labute approximate surface area is 156 Å². The summed E-state index contributed by atoms with van der Waals surface area (Å²) in [5.74, 6) is -0.778. The number of amides is 3. The number of furan rings is 1. The molecule has 2 aromatic rings. The van der Waals surface area contributed by atoms with Crippen LogP contribution in [0.1, 0.15) is 21.9 Å². The van der Waals surface area contributed by atoms with Gasteiger partial charge in [-0.3, -0.25) is 9.69 Å². The van der Waals surface area contributed by atoms with Crippen LogP contribution in [0.3, 0.4) is 0 Å². The molecule has 1 aliphatic rings. The topological polar surface area (TPSA) is 92.1 Å². The summed E-state index contributed by atoms with van der Waals surface area (Å²) in [6.45, 7) is -0.0848. The summed E-state index contributed by atoms with van der Waals surface area (Å²) in [5.41, 5.74) is 1.99. The molecule has 1 saturated heterocycles. The number of hydrogen-bond donors (Lipinski definition) is 1. The molecule has 140 valence electrons. The number of carbonyl (C=O) groups is 3. The highest BCUT2D eigenvalue weighted by Crippen LogP contribution is 2.20. The highest BCUT2D eigenvalue weighted by atomic mass is 16.5. The first kappa shape index (κ1) is 18.2. The molecule has 1 fully saturated rings. The van der Waals surface area contributed by atoms with Gasteiger partial charge >= 0.3 is 12.0 Å². The van der Waals surface area contributed by atoms with Gasteiger partial charge < -0.3 is 19.4 Å². The molecule has 0 atom stereocenters. The van der Waals surface area contributed by atoms with Crippen molar-refractivity contribution in [2.75, 3.05) is 26.1 Å². The SMILES string of the molecule is COC(=O)c1ccc(CN2C(=O)NC(=Cc3ccc(N(C)C)cc3)C2=O)o1. The first-order valence-corrected chi connectivity index (χ1v) is 8.18. The molecule has 1 aromatic carbocycles. The van der Waals surface area contributed by atoms with Crippen molar-refractivity contribution in [3.63, 3.8) is 0 Å². The third-order valence-corrected chi connectivity index (χ3v) is 4.04. The number of nitrogens with zero attached hydrogens (tertiary/aromatic N) is 2. The Morgan fingerprint density at radius 1 is 1.19 bits per heavy atom. The van der Waals surface area contributed by atoms with Gasteiger partial charge in [-0.15, -0.1) is 0 Å². The molecule has 0 aliphatic carbocycles. The quantitative estimate of drug-likeness (QED) is 0.494. The molecule has 1 aromatic heterocycles. The lowest BCUT2D eigenvalue weighted by Crippen LogP contribution is -2.30. The monoisotopic (exact) mass is 369 g/mol. The largest absolute Gasteiger partial charge is 0.463 e. The van der Waals surface area contributed by atoms with Crippen molar-refractivity contribution in [2.45, 2.75) is 6.54 Å². The molecular formula is C19H19N3O5. The summed E-state index contributed by atoms with van der Waals surface area (Å²) < 4.78 is 9.88. The van der Waals surface area contributed by atoms with E-state index in [9.17, 15) is 14.4 Å². The van der Waals surface area contributed by atoms with E-state index in [1.165, 1.54) is 19.2 Å². The first-order valence-electron chi connectivity index (χ1n) is 8.18. The van der Waals surface area contributed by atoms with E-state index >= 15 is 0 Å². The second-order valence-corrected chi connectivity index (χ2v) is 6.12. The number of anilines is 1. The van der Waals surface area contributed by atoms with Crippen molar-refractivity contribution in [2.24, 2.45) is 0 Å². The highest BCUT2D eigenvalue weighted by Gasteiger charge is 2.34. The van der Waals surface area contributed by atoms with Crippen molar-refractivity contribution >= 4 is 29.7 Å². The molecule has 8 nitrogen and oxygen atoms in total. The number of ether oxygens (including phenoxy) is 1. The van der Waals surface area contributed by atoms with Crippen LogP contribution in [0.4, 0.5) is 10.5 Å². The summed E-state index contributed by atoms with van der Waals surface area (Å²) >= 11 is 0. The predicted octanol–water partition coefficient (Wildman–Crippen LogP) is 2.23. The van der Waals surface area contributed by atoms with Gasteiger partial charge in [0.15, 0.2) is 0 Å². The molecule has 1 aliphatic heterocycles. The van der Waals surface area contributed by atoms with Crippen molar-refractivity contribution in [1.82, 2.24) is 10.2 Å². The summed E-state index contributed by atoms with van der Waals surface area (Å²) in [6, 6.07) is 9.97. The molecule has 3 rings (SSSR count). The minimum atomic E-state index is -0.625. The fraction of sp³-hybridized carbons (Fsp3) is 0.211. The van der Waals surface area contributed by atoms with Crippen LogP contribution in [0, 0.1) is 0 Å². The van der Waals surface area contributed by atoms with E-state index in [0.29, 0.717) is 5.76 Å². The van der Waals surface area contributed by atoms with E-state index in [1.807, 2.05) is 43.3 Å². The minimum Gasteiger partial charge on any atom is -0.463 e. The average molecular weight is 369 g/mol. The van der Waals surface area contributed by atoms with Gasteiger partial charge in [0, 0.05) is 19.8 Å². The highest BCUT2D eigenvalue weighted by molar-refractivity contribution is 6.13. The Morgan fingerprint density at radius 3 is 2.52 bits per heavy atom. The second-order valence-electron chi connectivity index (χ2n) is 6.12. The maximum Gasteiger partial charge on any atom is 0.373 e. The van der Waals surface area contributed by atoms with E-state index in [-0.39, 0.29) is 18.0 Å². The van der Waals surface area contributed by atoms with Gasteiger partial charge in [0.2, 0.25) is 5.76 Å². The number of esters is 1. The van der Waals surface area contributed by atoms with Crippen LogP contribution in [0.2, 0.25) is 0 Å². The van der Waals surface area contributed by atoms with Crippen molar-refractivity contribution in [3.8, 4) is 0 Å². The van der Waals surface area contributed by atoms with Gasteiger partial charge in [-0.1, -0.05) is 12.1 Å². The fourth-order valence-corrected chi connectivity index (χ4v) is 2.58. The zero-order valence-electron chi connectivity index (χ0n) is 15.2. The number of benzene rings is 1. The van der Waals surface area contributed by atoms with Crippen molar-refractivity contribution in [3.05, 3.63) is 59.2 Å². The van der Waals surface area contributed by atoms with Crippen LogP contribution in [0.5, 0.6) is 0 Å². The molecule has 0 unspecified atom stereocenters. The summed E-state index contributed by atoms with van der Waals surface area (Å²) in [7, 11) is 5.11. The summed E-state index contributed by atoms with van der Waals surface area (Å²) in [5, 5.41) is 2.56. The lowest BCUT2D eigenvalue weighted by Gasteiger charge is -2.11. The normalized spacial score (nSPS) is 15.2. The number of rotatable bonds is 5. The van der Waals surface area contributed by atoms with Crippen LogP contribution in [-0.2, 0) is 16.1 Å².